The van der Waals surface area contributed by atoms with E-state index in [1.165, 1.54) is 11.1 Å². The third-order valence-electron chi connectivity index (χ3n) is 2.76. The van der Waals surface area contributed by atoms with Gasteiger partial charge in [0.05, 0.1) is 0 Å². The van der Waals surface area contributed by atoms with E-state index in [9.17, 15) is 0 Å². The monoisotopic (exact) mass is 185 g/mol. The second-order valence-electron chi connectivity index (χ2n) is 3.59. The summed E-state index contributed by atoms with van der Waals surface area (Å²) in [5.74, 6) is 1.08. The summed E-state index contributed by atoms with van der Waals surface area (Å²) in [6.45, 7) is 0.951. The predicted octanol–water partition coefficient (Wildman–Crippen LogP) is 1.43. The molecule has 0 spiro atoms. The van der Waals surface area contributed by atoms with Crippen LogP contribution in [0.3, 0.4) is 0 Å². The highest BCUT2D eigenvalue weighted by Crippen LogP contribution is 2.17. The van der Waals surface area contributed by atoms with Crippen molar-refractivity contribution in [1.29, 1.82) is 0 Å². The van der Waals surface area contributed by atoms with Crippen LogP contribution >= 0.6 is 0 Å². The van der Waals surface area contributed by atoms with Crippen LogP contribution in [0.5, 0.6) is 0 Å². The first kappa shape index (κ1) is 7.74. The van der Waals surface area contributed by atoms with Crippen molar-refractivity contribution in [1.82, 2.24) is 14.8 Å². The molecule has 1 aromatic heterocycles. The highest BCUT2D eigenvalue weighted by Gasteiger charge is 2.12. The van der Waals surface area contributed by atoms with Crippen LogP contribution in [-0.2, 0) is 19.4 Å². The molecule has 0 N–H and O–H groups in total. The summed E-state index contributed by atoms with van der Waals surface area (Å²) < 4.78 is 2.00. The van der Waals surface area contributed by atoms with Crippen molar-refractivity contribution in [2.75, 3.05) is 0 Å². The van der Waals surface area contributed by atoms with Crippen molar-refractivity contribution in [3.63, 3.8) is 0 Å². The van der Waals surface area contributed by atoms with Crippen molar-refractivity contribution < 1.29 is 0 Å². The third kappa shape index (κ3) is 1.13. The molecule has 0 unspecified atom stereocenters. The van der Waals surface area contributed by atoms with E-state index in [1.807, 2.05) is 4.68 Å². The van der Waals surface area contributed by atoms with Gasteiger partial charge >= 0.3 is 0 Å². The normalized spacial score (nSPS) is 14.3. The topological polar surface area (TPSA) is 30.7 Å². The largest absolute Gasteiger partial charge is 0.249 e. The van der Waals surface area contributed by atoms with Gasteiger partial charge < -0.3 is 0 Å². The average Bonchev–Trinajstić information content (AvgIpc) is 2.58. The maximum absolute atomic E-state index is 4.27. The van der Waals surface area contributed by atoms with Gasteiger partial charge in [0.2, 0.25) is 0 Å². The van der Waals surface area contributed by atoms with Crippen molar-refractivity contribution in [2.45, 2.75) is 19.4 Å². The lowest BCUT2D eigenvalue weighted by Crippen LogP contribution is -2.03. The lowest BCUT2D eigenvalue weighted by Gasteiger charge is -2.01. The van der Waals surface area contributed by atoms with Crippen LogP contribution in [0, 0.1) is 0 Å². The molecule has 3 rings (SSSR count). The third-order valence-corrected chi connectivity index (χ3v) is 2.76. The fraction of sp³-hybridized carbons (Fsp3) is 0.273. The van der Waals surface area contributed by atoms with Crippen molar-refractivity contribution in [3.05, 3.63) is 47.5 Å². The molecule has 1 aliphatic heterocycles. The molecule has 70 valence electrons. The number of rotatable bonds is 0. The van der Waals surface area contributed by atoms with Gasteiger partial charge in [0.25, 0.3) is 0 Å². The Morgan fingerprint density at radius 3 is 2.93 bits per heavy atom. The van der Waals surface area contributed by atoms with E-state index < -0.39 is 0 Å². The second kappa shape index (κ2) is 2.94. The fourth-order valence-electron chi connectivity index (χ4n) is 1.98. The summed E-state index contributed by atoms with van der Waals surface area (Å²) >= 11 is 0. The van der Waals surface area contributed by atoms with Gasteiger partial charge in [-0.15, -0.1) is 0 Å². The molecular formula is C11H11N3. The van der Waals surface area contributed by atoms with Crippen LogP contribution in [0.15, 0.2) is 30.6 Å². The van der Waals surface area contributed by atoms with Gasteiger partial charge in [0.1, 0.15) is 12.2 Å². The number of fused-ring (bicyclic) bond motifs is 2. The van der Waals surface area contributed by atoms with E-state index in [4.69, 9.17) is 0 Å². The Morgan fingerprint density at radius 1 is 1.14 bits per heavy atom. The molecule has 0 atom stereocenters. The number of benzene rings is 1. The Hall–Kier alpha value is -1.64. The summed E-state index contributed by atoms with van der Waals surface area (Å²) in [7, 11) is 0. The highest BCUT2D eigenvalue weighted by atomic mass is 15.3. The Kier molecular flexibility index (Phi) is 1.63. The smallest absolute Gasteiger partial charge is 0.138 e. The van der Waals surface area contributed by atoms with Crippen molar-refractivity contribution >= 4 is 0 Å². The molecular weight excluding hydrogens is 174 g/mol. The molecule has 2 aromatic rings. The predicted molar refractivity (Wildman–Crippen MR) is 53.0 cm³/mol. The van der Waals surface area contributed by atoms with Crippen molar-refractivity contribution in [3.8, 4) is 0 Å². The minimum absolute atomic E-state index is 0.913. The first-order valence-corrected chi connectivity index (χ1v) is 4.87. The minimum atomic E-state index is 0.913. The molecule has 3 heteroatoms. The summed E-state index contributed by atoms with van der Waals surface area (Å²) in [6.07, 6.45) is 3.62. The molecule has 0 fully saturated rings. The van der Waals surface area contributed by atoms with Crippen LogP contribution in [0.1, 0.15) is 17.0 Å². The van der Waals surface area contributed by atoms with Crippen LogP contribution < -0.4 is 0 Å². The van der Waals surface area contributed by atoms with Gasteiger partial charge in [0.15, 0.2) is 0 Å². The molecule has 2 heterocycles. The Morgan fingerprint density at radius 2 is 2.00 bits per heavy atom. The van der Waals surface area contributed by atoms with E-state index in [-0.39, 0.29) is 0 Å². The van der Waals surface area contributed by atoms with Gasteiger partial charge in [-0.2, -0.15) is 5.10 Å². The van der Waals surface area contributed by atoms with Gasteiger partial charge in [-0.25, -0.2) is 9.67 Å². The first-order chi connectivity index (χ1) is 6.93. The summed E-state index contributed by atoms with van der Waals surface area (Å²) in [5.41, 5.74) is 2.82. The second-order valence-corrected chi connectivity index (χ2v) is 3.59. The van der Waals surface area contributed by atoms with E-state index >= 15 is 0 Å². The zero-order valence-corrected chi connectivity index (χ0v) is 7.85. The summed E-state index contributed by atoms with van der Waals surface area (Å²) in [5, 5.41) is 4.21. The minimum Gasteiger partial charge on any atom is -0.249 e. The lowest BCUT2D eigenvalue weighted by atomic mass is 10.0. The van der Waals surface area contributed by atoms with Crippen LogP contribution in [0.25, 0.3) is 0 Å². The zero-order chi connectivity index (χ0) is 9.38. The SMILES string of the molecule is c1ccc2c(c1)CCn1ncnc1C2. The number of hydrogen-bond acceptors (Lipinski definition) is 2. The standard InChI is InChI=1S/C11H11N3/c1-2-4-10-7-11-12-8-13-14(11)6-5-9(10)3-1/h1-4,8H,5-7H2. The fourth-order valence-corrected chi connectivity index (χ4v) is 1.98. The van der Waals surface area contributed by atoms with Gasteiger partial charge in [-0.05, 0) is 17.5 Å². The Labute approximate surface area is 82.4 Å². The number of nitrogens with zero attached hydrogens (tertiary/aromatic N) is 3. The molecule has 1 aliphatic rings. The van der Waals surface area contributed by atoms with E-state index in [1.54, 1.807) is 6.33 Å². The number of aromatic nitrogens is 3. The Balaban J connectivity index is 2.10. The maximum atomic E-state index is 4.27. The van der Waals surface area contributed by atoms with Gasteiger partial charge in [-0.3, -0.25) is 0 Å². The van der Waals surface area contributed by atoms with E-state index in [0.29, 0.717) is 0 Å². The highest BCUT2D eigenvalue weighted by molar-refractivity contribution is 5.30. The van der Waals surface area contributed by atoms with Crippen LogP contribution in [-0.4, -0.2) is 14.8 Å². The quantitative estimate of drug-likeness (QED) is 0.621. The molecule has 1 aromatic carbocycles. The molecule has 14 heavy (non-hydrogen) atoms. The maximum Gasteiger partial charge on any atom is 0.138 e. The molecule has 0 radical (unpaired) electrons. The van der Waals surface area contributed by atoms with Crippen molar-refractivity contribution in [2.24, 2.45) is 0 Å². The van der Waals surface area contributed by atoms with Crippen LogP contribution in [0.4, 0.5) is 0 Å². The molecule has 0 aliphatic carbocycles. The van der Waals surface area contributed by atoms with Crippen LogP contribution in [0.2, 0.25) is 0 Å². The number of hydrogen-bond donors (Lipinski definition) is 0. The van der Waals surface area contributed by atoms with Gasteiger partial charge in [-0.1, -0.05) is 24.3 Å². The zero-order valence-electron chi connectivity index (χ0n) is 7.85. The summed E-state index contributed by atoms with van der Waals surface area (Å²) in [4.78, 5) is 4.27. The average molecular weight is 185 g/mol. The first-order valence-electron chi connectivity index (χ1n) is 4.87. The van der Waals surface area contributed by atoms with E-state index in [2.05, 4.69) is 34.3 Å². The molecule has 3 nitrogen and oxygen atoms in total. The molecule has 0 amide bonds. The Bertz CT molecular complexity index is 459. The molecule has 0 bridgehead atoms. The van der Waals surface area contributed by atoms with Gasteiger partial charge in [0, 0.05) is 13.0 Å². The molecule has 0 saturated heterocycles. The van der Waals surface area contributed by atoms with E-state index in [0.717, 1.165) is 25.2 Å². The molecule has 0 saturated carbocycles. The lowest BCUT2D eigenvalue weighted by molar-refractivity contribution is 0.600. The summed E-state index contributed by atoms with van der Waals surface area (Å²) in [6, 6.07) is 8.56. The number of aryl methyl sites for hydroxylation is 2.